The van der Waals surface area contributed by atoms with E-state index in [-0.39, 0.29) is 18.0 Å². The number of carbonyl (C=O) groups is 1. The van der Waals surface area contributed by atoms with Crippen molar-refractivity contribution < 1.29 is 4.79 Å². The van der Waals surface area contributed by atoms with Gasteiger partial charge < -0.3 is 5.32 Å². The van der Waals surface area contributed by atoms with E-state index in [4.69, 9.17) is 5.26 Å². The highest BCUT2D eigenvalue weighted by molar-refractivity contribution is 5.83. The van der Waals surface area contributed by atoms with Crippen LogP contribution >= 0.6 is 0 Å². The molecule has 2 fully saturated rings. The van der Waals surface area contributed by atoms with E-state index < -0.39 is 0 Å². The molecular formula is C17H22N4O. The summed E-state index contributed by atoms with van der Waals surface area (Å²) in [5.41, 5.74) is 8.08. The van der Waals surface area contributed by atoms with Crippen LogP contribution in [0.15, 0.2) is 24.3 Å². The van der Waals surface area contributed by atoms with E-state index in [1.54, 1.807) is 12.1 Å². The molecule has 1 saturated carbocycles. The van der Waals surface area contributed by atoms with Crippen LogP contribution < -0.4 is 16.2 Å². The summed E-state index contributed by atoms with van der Waals surface area (Å²) in [7, 11) is 0. The van der Waals surface area contributed by atoms with Crippen molar-refractivity contribution >= 4 is 5.91 Å². The van der Waals surface area contributed by atoms with Gasteiger partial charge in [0.05, 0.1) is 17.7 Å². The molecule has 4 atom stereocenters. The molecule has 5 nitrogen and oxygen atoms in total. The lowest BCUT2D eigenvalue weighted by molar-refractivity contribution is -0.124. The van der Waals surface area contributed by atoms with E-state index >= 15 is 0 Å². The second-order valence-electron chi connectivity index (χ2n) is 6.29. The molecule has 1 aromatic carbocycles. The van der Waals surface area contributed by atoms with Gasteiger partial charge in [0, 0.05) is 12.0 Å². The number of hydrazine groups is 1. The Kier molecular flexibility index (Phi) is 4.41. The molecule has 0 bridgehead atoms. The van der Waals surface area contributed by atoms with Gasteiger partial charge in [0.25, 0.3) is 0 Å². The van der Waals surface area contributed by atoms with E-state index in [1.165, 1.54) is 12.8 Å². The van der Waals surface area contributed by atoms with Crippen molar-refractivity contribution in [2.45, 2.75) is 50.7 Å². The number of nitrogens with zero attached hydrogens (tertiary/aromatic N) is 1. The van der Waals surface area contributed by atoms with Gasteiger partial charge in [0.2, 0.25) is 5.91 Å². The maximum absolute atomic E-state index is 12.5. The van der Waals surface area contributed by atoms with E-state index in [1.807, 2.05) is 19.1 Å². The van der Waals surface area contributed by atoms with Gasteiger partial charge in [-0.25, -0.2) is 5.43 Å². The minimum absolute atomic E-state index is 0.0544. The topological polar surface area (TPSA) is 77.0 Å². The van der Waals surface area contributed by atoms with Crippen LogP contribution in [0.2, 0.25) is 0 Å². The Morgan fingerprint density at radius 3 is 2.73 bits per heavy atom. The molecule has 22 heavy (non-hydrogen) atoms. The second-order valence-corrected chi connectivity index (χ2v) is 6.29. The Labute approximate surface area is 131 Å². The summed E-state index contributed by atoms with van der Waals surface area (Å²) in [4.78, 5) is 12.5. The lowest BCUT2D eigenvalue weighted by Crippen LogP contribution is -2.46. The van der Waals surface area contributed by atoms with Gasteiger partial charge in [-0.05, 0) is 37.5 Å². The van der Waals surface area contributed by atoms with E-state index in [0.29, 0.717) is 17.5 Å². The number of nitrogens with one attached hydrogen (secondary N) is 3. The van der Waals surface area contributed by atoms with Gasteiger partial charge in [0.15, 0.2) is 0 Å². The first kappa shape index (κ1) is 15.0. The van der Waals surface area contributed by atoms with Crippen LogP contribution in [-0.2, 0) is 4.79 Å². The number of hydrogen-bond donors (Lipinski definition) is 3. The predicted octanol–water partition coefficient (Wildman–Crippen LogP) is 1.77. The van der Waals surface area contributed by atoms with Crippen LogP contribution in [0.4, 0.5) is 0 Å². The molecule has 1 amide bonds. The molecule has 1 heterocycles. The van der Waals surface area contributed by atoms with E-state index in [2.05, 4.69) is 22.2 Å². The third kappa shape index (κ3) is 2.99. The summed E-state index contributed by atoms with van der Waals surface area (Å²) in [5.74, 6) is 0.445. The first-order valence-electron chi connectivity index (χ1n) is 8.00. The van der Waals surface area contributed by atoms with Crippen LogP contribution in [-0.4, -0.2) is 18.0 Å². The average Bonchev–Trinajstić information content (AvgIpc) is 2.99. The molecule has 1 aromatic rings. The molecule has 4 unspecified atom stereocenters. The smallest absolute Gasteiger partial charge is 0.239 e. The number of carbonyl (C=O) groups excluding carboxylic acids is 1. The van der Waals surface area contributed by atoms with Gasteiger partial charge in [0.1, 0.15) is 6.04 Å². The molecule has 1 saturated heterocycles. The minimum Gasteiger partial charge on any atom is -0.348 e. The Morgan fingerprint density at radius 2 is 2.00 bits per heavy atom. The first-order valence-corrected chi connectivity index (χ1v) is 8.00. The van der Waals surface area contributed by atoms with Crippen molar-refractivity contribution in [3.8, 4) is 6.07 Å². The Morgan fingerprint density at radius 1 is 1.27 bits per heavy atom. The van der Waals surface area contributed by atoms with Crippen LogP contribution in [0.3, 0.4) is 0 Å². The molecule has 5 heteroatoms. The summed E-state index contributed by atoms with van der Waals surface area (Å²) in [6, 6.07) is 9.67. The largest absolute Gasteiger partial charge is 0.348 e. The standard InChI is InChI=1S/C17H22N4O/c1-11(13-8-6-12(10-18)7-9-13)19-17(22)16-14-4-2-3-5-15(14)20-21-16/h6-9,11,14-16,20-21H,2-5H2,1H3,(H,19,22). The molecule has 0 radical (unpaired) electrons. The molecule has 0 aromatic heterocycles. The summed E-state index contributed by atoms with van der Waals surface area (Å²) < 4.78 is 0. The number of amides is 1. The van der Waals surface area contributed by atoms with Crippen molar-refractivity contribution in [3.05, 3.63) is 35.4 Å². The summed E-state index contributed by atoms with van der Waals surface area (Å²) >= 11 is 0. The second kappa shape index (κ2) is 6.47. The van der Waals surface area contributed by atoms with Gasteiger partial charge in [-0.2, -0.15) is 5.26 Å². The van der Waals surface area contributed by atoms with Crippen molar-refractivity contribution in [1.82, 2.24) is 16.2 Å². The van der Waals surface area contributed by atoms with Crippen molar-refractivity contribution in [2.75, 3.05) is 0 Å². The summed E-state index contributed by atoms with van der Waals surface area (Å²) in [6.45, 7) is 1.97. The Bertz CT molecular complexity index is 577. The maximum Gasteiger partial charge on any atom is 0.239 e. The van der Waals surface area contributed by atoms with Crippen molar-refractivity contribution in [1.29, 1.82) is 5.26 Å². The van der Waals surface area contributed by atoms with Gasteiger partial charge in [-0.1, -0.05) is 25.0 Å². The van der Waals surface area contributed by atoms with Crippen molar-refractivity contribution in [2.24, 2.45) is 5.92 Å². The van der Waals surface area contributed by atoms with Crippen LogP contribution in [0.1, 0.15) is 49.8 Å². The van der Waals surface area contributed by atoms with Gasteiger partial charge >= 0.3 is 0 Å². The molecule has 2 aliphatic rings. The highest BCUT2D eigenvalue weighted by Gasteiger charge is 2.41. The van der Waals surface area contributed by atoms with Crippen LogP contribution in [0.25, 0.3) is 0 Å². The molecule has 3 N–H and O–H groups in total. The zero-order valence-electron chi connectivity index (χ0n) is 12.8. The Balaban J connectivity index is 1.62. The minimum atomic E-state index is -0.147. The number of benzene rings is 1. The normalized spacial score (nSPS) is 28.5. The van der Waals surface area contributed by atoms with Crippen molar-refractivity contribution in [3.63, 3.8) is 0 Å². The average molecular weight is 298 g/mol. The van der Waals surface area contributed by atoms with Gasteiger partial charge in [-0.3, -0.25) is 10.2 Å². The Hall–Kier alpha value is -1.90. The van der Waals surface area contributed by atoms with Crippen LogP contribution in [0.5, 0.6) is 0 Å². The number of nitriles is 1. The molecule has 116 valence electrons. The lowest BCUT2D eigenvalue weighted by atomic mass is 9.81. The van der Waals surface area contributed by atoms with Gasteiger partial charge in [-0.15, -0.1) is 0 Å². The molecule has 1 aliphatic heterocycles. The third-order valence-electron chi connectivity index (χ3n) is 4.85. The molecule has 3 rings (SSSR count). The maximum atomic E-state index is 12.5. The van der Waals surface area contributed by atoms with E-state index in [0.717, 1.165) is 18.4 Å². The quantitative estimate of drug-likeness (QED) is 0.795. The first-order chi connectivity index (χ1) is 10.7. The monoisotopic (exact) mass is 298 g/mol. The molecular weight excluding hydrogens is 276 g/mol. The zero-order valence-corrected chi connectivity index (χ0v) is 12.8. The zero-order chi connectivity index (χ0) is 15.5. The lowest BCUT2D eigenvalue weighted by Gasteiger charge is -2.27. The SMILES string of the molecule is CC(NC(=O)C1NNC2CCCCC21)c1ccc(C#N)cc1. The summed E-state index contributed by atoms with van der Waals surface area (Å²) in [5, 5.41) is 11.9. The fraction of sp³-hybridized carbons (Fsp3) is 0.529. The fourth-order valence-electron chi connectivity index (χ4n) is 3.53. The number of fused-ring (bicyclic) bond motifs is 1. The molecule has 0 spiro atoms. The van der Waals surface area contributed by atoms with Crippen LogP contribution in [0, 0.1) is 17.2 Å². The summed E-state index contributed by atoms with van der Waals surface area (Å²) in [6.07, 6.45) is 4.70. The predicted molar refractivity (Wildman–Crippen MR) is 83.5 cm³/mol. The highest BCUT2D eigenvalue weighted by Crippen LogP contribution is 2.30. The van der Waals surface area contributed by atoms with E-state index in [9.17, 15) is 4.79 Å². The molecule has 1 aliphatic carbocycles. The highest BCUT2D eigenvalue weighted by atomic mass is 16.2. The number of hydrogen-bond acceptors (Lipinski definition) is 4. The number of rotatable bonds is 3. The fourth-order valence-corrected chi connectivity index (χ4v) is 3.53. The third-order valence-corrected chi connectivity index (χ3v) is 4.85.